The maximum absolute atomic E-state index is 11.6. The summed E-state index contributed by atoms with van der Waals surface area (Å²) >= 11 is 0. The Bertz CT molecular complexity index is 247. The summed E-state index contributed by atoms with van der Waals surface area (Å²) in [6, 6.07) is 0. The number of amides is 1. The average Bonchev–Trinajstić information content (AvgIpc) is 2.31. The van der Waals surface area contributed by atoms with E-state index in [0.717, 1.165) is 13.0 Å². The molecule has 1 N–H and O–H groups in total. The van der Waals surface area contributed by atoms with E-state index in [1.165, 1.54) is 50.5 Å². The van der Waals surface area contributed by atoms with Crippen molar-refractivity contribution in [3.63, 3.8) is 0 Å². The molecule has 1 unspecified atom stereocenters. The molecule has 0 radical (unpaired) electrons. The fourth-order valence-electron chi connectivity index (χ4n) is 2.41. The molecular formula is C15H27NO. The van der Waals surface area contributed by atoms with Crippen molar-refractivity contribution in [1.29, 1.82) is 0 Å². The summed E-state index contributed by atoms with van der Waals surface area (Å²) in [4.78, 5) is 11.6. The monoisotopic (exact) mass is 237 g/mol. The fourth-order valence-corrected chi connectivity index (χ4v) is 2.41. The first kappa shape index (κ1) is 14.3. The Labute approximate surface area is 106 Å². The van der Waals surface area contributed by atoms with E-state index >= 15 is 0 Å². The van der Waals surface area contributed by atoms with Gasteiger partial charge in [0.05, 0.1) is 0 Å². The lowest BCUT2D eigenvalue weighted by atomic mass is 9.94. The van der Waals surface area contributed by atoms with Gasteiger partial charge in [0, 0.05) is 13.0 Å². The highest BCUT2D eigenvalue weighted by atomic mass is 16.1. The zero-order chi connectivity index (χ0) is 12.5. The first-order chi connectivity index (χ1) is 8.20. The quantitative estimate of drug-likeness (QED) is 0.690. The molecule has 1 rings (SSSR count). The Hall–Kier alpha value is -0.790. The summed E-state index contributed by atoms with van der Waals surface area (Å²) in [5, 5.41) is 3.05. The van der Waals surface area contributed by atoms with E-state index in [-0.39, 0.29) is 5.91 Å². The van der Waals surface area contributed by atoms with Crippen molar-refractivity contribution in [2.75, 3.05) is 6.54 Å². The third-order valence-corrected chi connectivity index (χ3v) is 3.70. The van der Waals surface area contributed by atoms with Crippen LogP contribution in [0.5, 0.6) is 0 Å². The molecule has 1 heterocycles. The molecule has 0 saturated carbocycles. The van der Waals surface area contributed by atoms with E-state index in [9.17, 15) is 4.79 Å². The van der Waals surface area contributed by atoms with E-state index in [0.29, 0.717) is 12.3 Å². The number of carbonyl (C=O) groups excluding carboxylic acids is 1. The van der Waals surface area contributed by atoms with Crippen LogP contribution in [-0.4, -0.2) is 12.5 Å². The maximum atomic E-state index is 11.6. The maximum Gasteiger partial charge on any atom is 0.220 e. The molecule has 0 spiro atoms. The lowest BCUT2D eigenvalue weighted by molar-refractivity contribution is -0.121. The van der Waals surface area contributed by atoms with Gasteiger partial charge in [-0.3, -0.25) is 4.79 Å². The number of rotatable bonds is 1. The highest BCUT2D eigenvalue weighted by Crippen LogP contribution is 2.18. The predicted molar refractivity (Wildman–Crippen MR) is 72.9 cm³/mol. The van der Waals surface area contributed by atoms with Crippen molar-refractivity contribution in [3.8, 4) is 0 Å². The third-order valence-electron chi connectivity index (χ3n) is 3.70. The summed E-state index contributed by atoms with van der Waals surface area (Å²) in [5.74, 6) is 0.690. The van der Waals surface area contributed by atoms with Crippen molar-refractivity contribution < 1.29 is 4.79 Å². The molecule has 0 aliphatic carbocycles. The lowest BCUT2D eigenvalue weighted by Crippen LogP contribution is -2.29. The van der Waals surface area contributed by atoms with Crippen LogP contribution in [0.15, 0.2) is 12.2 Å². The van der Waals surface area contributed by atoms with Gasteiger partial charge >= 0.3 is 0 Å². The van der Waals surface area contributed by atoms with Crippen LogP contribution in [0.2, 0.25) is 0 Å². The van der Waals surface area contributed by atoms with Crippen LogP contribution in [0.4, 0.5) is 0 Å². The molecule has 1 atom stereocenters. The molecule has 2 nitrogen and oxygen atoms in total. The smallest absolute Gasteiger partial charge is 0.220 e. The minimum Gasteiger partial charge on any atom is -0.356 e. The van der Waals surface area contributed by atoms with E-state index < -0.39 is 0 Å². The molecule has 1 fully saturated rings. The van der Waals surface area contributed by atoms with E-state index in [1.54, 1.807) is 0 Å². The lowest BCUT2D eigenvalue weighted by Gasteiger charge is -2.17. The van der Waals surface area contributed by atoms with Crippen LogP contribution >= 0.6 is 0 Å². The van der Waals surface area contributed by atoms with Crippen LogP contribution < -0.4 is 5.32 Å². The molecule has 17 heavy (non-hydrogen) atoms. The average molecular weight is 237 g/mol. The minimum absolute atomic E-state index is 0.218. The SMILES string of the molecule is C=C(C)C1CCCCCCCCCC(=O)NC1. The minimum atomic E-state index is 0.218. The summed E-state index contributed by atoms with van der Waals surface area (Å²) in [6.07, 6.45) is 10.7. The van der Waals surface area contributed by atoms with Crippen LogP contribution in [0, 0.1) is 5.92 Å². The highest BCUT2D eigenvalue weighted by Gasteiger charge is 2.11. The van der Waals surface area contributed by atoms with Crippen LogP contribution in [-0.2, 0) is 4.79 Å². The molecule has 2 heteroatoms. The normalized spacial score (nSPS) is 25.0. The van der Waals surface area contributed by atoms with Crippen LogP contribution in [0.3, 0.4) is 0 Å². The summed E-state index contributed by atoms with van der Waals surface area (Å²) in [5.41, 5.74) is 1.21. The summed E-state index contributed by atoms with van der Waals surface area (Å²) < 4.78 is 0. The number of hydrogen-bond acceptors (Lipinski definition) is 1. The Morgan fingerprint density at radius 3 is 2.35 bits per heavy atom. The Morgan fingerprint density at radius 1 is 1.12 bits per heavy atom. The van der Waals surface area contributed by atoms with Gasteiger partial charge in [-0.2, -0.15) is 0 Å². The van der Waals surface area contributed by atoms with Crippen molar-refractivity contribution in [3.05, 3.63) is 12.2 Å². The Kier molecular flexibility index (Phi) is 6.99. The van der Waals surface area contributed by atoms with Crippen molar-refractivity contribution in [2.24, 2.45) is 5.92 Å². The molecule has 0 bridgehead atoms. The first-order valence-electron chi connectivity index (χ1n) is 7.12. The molecule has 1 aliphatic heterocycles. The van der Waals surface area contributed by atoms with Crippen molar-refractivity contribution >= 4 is 5.91 Å². The standard InChI is InChI=1S/C15H27NO/c1-13(2)14-10-8-6-4-3-5-7-9-11-15(17)16-12-14/h14H,1,3-12H2,2H3,(H,16,17). The molecule has 1 saturated heterocycles. The molecule has 1 amide bonds. The van der Waals surface area contributed by atoms with E-state index in [4.69, 9.17) is 0 Å². The second-order valence-electron chi connectivity index (χ2n) is 5.36. The van der Waals surface area contributed by atoms with Gasteiger partial charge in [-0.15, -0.1) is 0 Å². The van der Waals surface area contributed by atoms with Gasteiger partial charge in [-0.25, -0.2) is 0 Å². The Morgan fingerprint density at radius 2 is 1.71 bits per heavy atom. The zero-order valence-corrected chi connectivity index (χ0v) is 11.3. The molecule has 0 aromatic rings. The molecule has 0 aromatic carbocycles. The molecule has 0 aromatic heterocycles. The first-order valence-corrected chi connectivity index (χ1v) is 7.12. The van der Waals surface area contributed by atoms with Crippen molar-refractivity contribution in [1.82, 2.24) is 5.32 Å². The van der Waals surface area contributed by atoms with Gasteiger partial charge in [0.25, 0.3) is 0 Å². The summed E-state index contributed by atoms with van der Waals surface area (Å²) in [6.45, 7) is 6.90. The van der Waals surface area contributed by atoms with Gasteiger partial charge in [0.2, 0.25) is 5.91 Å². The summed E-state index contributed by atoms with van der Waals surface area (Å²) in [7, 11) is 0. The van der Waals surface area contributed by atoms with Gasteiger partial charge in [0.1, 0.15) is 0 Å². The number of hydrogen-bond donors (Lipinski definition) is 1. The zero-order valence-electron chi connectivity index (χ0n) is 11.3. The van der Waals surface area contributed by atoms with Gasteiger partial charge in [-0.1, -0.05) is 50.7 Å². The second kappa shape index (κ2) is 8.32. The van der Waals surface area contributed by atoms with Crippen LogP contribution in [0.25, 0.3) is 0 Å². The number of carbonyl (C=O) groups is 1. The van der Waals surface area contributed by atoms with Gasteiger partial charge in [-0.05, 0) is 25.7 Å². The topological polar surface area (TPSA) is 29.1 Å². The highest BCUT2D eigenvalue weighted by molar-refractivity contribution is 5.75. The van der Waals surface area contributed by atoms with Gasteiger partial charge in [0.15, 0.2) is 0 Å². The molecule has 1 aliphatic rings. The second-order valence-corrected chi connectivity index (χ2v) is 5.36. The molecule has 98 valence electrons. The van der Waals surface area contributed by atoms with E-state index in [2.05, 4.69) is 18.8 Å². The predicted octanol–water partition coefficient (Wildman–Crippen LogP) is 3.82. The van der Waals surface area contributed by atoms with Crippen LogP contribution in [0.1, 0.15) is 64.7 Å². The largest absolute Gasteiger partial charge is 0.356 e. The van der Waals surface area contributed by atoms with Crippen molar-refractivity contribution in [2.45, 2.75) is 64.7 Å². The van der Waals surface area contributed by atoms with E-state index in [1.807, 2.05) is 0 Å². The van der Waals surface area contributed by atoms with Gasteiger partial charge < -0.3 is 5.32 Å². The fraction of sp³-hybridized carbons (Fsp3) is 0.800. The molecular weight excluding hydrogens is 210 g/mol. The third kappa shape index (κ3) is 6.50. The Balaban J connectivity index is 2.42. The number of nitrogens with one attached hydrogen (secondary N) is 1.